The molecule has 1 unspecified atom stereocenters. The number of amides is 1. The molecule has 5 heteroatoms. The van der Waals surface area contributed by atoms with Crippen LogP contribution in [0.15, 0.2) is 24.3 Å². The fourth-order valence-electron chi connectivity index (χ4n) is 2.84. The summed E-state index contributed by atoms with van der Waals surface area (Å²) in [7, 11) is 0. The summed E-state index contributed by atoms with van der Waals surface area (Å²) in [6.45, 7) is 3.65. The molecule has 0 aromatic heterocycles. The van der Waals surface area contributed by atoms with E-state index in [0.29, 0.717) is 17.8 Å². The summed E-state index contributed by atoms with van der Waals surface area (Å²) in [6, 6.07) is 7.08. The monoisotopic (exact) mass is 290 g/mol. The zero-order valence-corrected chi connectivity index (χ0v) is 12.3. The number of piperidine rings is 1. The molecule has 1 aromatic rings. The van der Waals surface area contributed by atoms with E-state index >= 15 is 0 Å². The van der Waals surface area contributed by atoms with Gasteiger partial charge in [-0.2, -0.15) is 0 Å². The van der Waals surface area contributed by atoms with Gasteiger partial charge in [-0.25, -0.2) is 0 Å². The van der Waals surface area contributed by atoms with E-state index in [1.165, 1.54) is 0 Å². The standard InChI is InChI=1S/C16H22N2O3/c1-2-16(8-5-9-17-11-16)15(21)18-13-7-4-3-6-12(13)10-14(19)20/h3-4,6-7,17H,2,5,8-11H2,1H3,(H,18,21)(H,19,20). The lowest BCUT2D eigenvalue weighted by molar-refractivity contribution is -0.136. The lowest BCUT2D eigenvalue weighted by Gasteiger charge is -2.35. The van der Waals surface area contributed by atoms with Gasteiger partial charge in [0.25, 0.3) is 0 Å². The molecule has 114 valence electrons. The molecule has 0 spiro atoms. The Balaban J connectivity index is 2.17. The number of hydrogen-bond donors (Lipinski definition) is 3. The van der Waals surface area contributed by atoms with Crippen molar-refractivity contribution in [3.05, 3.63) is 29.8 Å². The molecule has 0 saturated carbocycles. The highest BCUT2D eigenvalue weighted by atomic mass is 16.4. The molecule has 1 aliphatic rings. The van der Waals surface area contributed by atoms with Crippen molar-refractivity contribution >= 4 is 17.6 Å². The number of carbonyl (C=O) groups is 2. The first-order valence-corrected chi connectivity index (χ1v) is 7.39. The lowest BCUT2D eigenvalue weighted by atomic mass is 9.77. The first-order valence-electron chi connectivity index (χ1n) is 7.39. The zero-order chi connectivity index (χ0) is 15.3. The van der Waals surface area contributed by atoms with Crippen LogP contribution < -0.4 is 10.6 Å². The molecule has 21 heavy (non-hydrogen) atoms. The second kappa shape index (κ2) is 6.72. The van der Waals surface area contributed by atoms with Crippen molar-refractivity contribution in [1.82, 2.24) is 5.32 Å². The maximum atomic E-state index is 12.7. The predicted octanol–water partition coefficient (Wildman–Crippen LogP) is 2.03. The van der Waals surface area contributed by atoms with Gasteiger partial charge in [0.15, 0.2) is 0 Å². The van der Waals surface area contributed by atoms with Crippen molar-refractivity contribution in [2.24, 2.45) is 5.41 Å². The Morgan fingerprint density at radius 3 is 2.76 bits per heavy atom. The van der Waals surface area contributed by atoms with Crippen molar-refractivity contribution < 1.29 is 14.7 Å². The normalized spacial score (nSPS) is 21.8. The van der Waals surface area contributed by atoms with E-state index in [2.05, 4.69) is 10.6 Å². The molecule has 5 nitrogen and oxygen atoms in total. The summed E-state index contributed by atoms with van der Waals surface area (Å²) in [5.41, 5.74) is 0.839. The number of para-hydroxylation sites is 1. The SMILES string of the molecule is CCC1(C(=O)Nc2ccccc2CC(=O)O)CCCNC1. The van der Waals surface area contributed by atoms with Gasteiger partial charge in [-0.3, -0.25) is 9.59 Å². The Bertz CT molecular complexity index is 522. The van der Waals surface area contributed by atoms with Gasteiger partial charge in [0, 0.05) is 12.2 Å². The molecule has 1 aliphatic heterocycles. The maximum Gasteiger partial charge on any atom is 0.307 e. The molecule has 1 aromatic carbocycles. The molecule has 1 saturated heterocycles. The van der Waals surface area contributed by atoms with E-state index in [1.54, 1.807) is 24.3 Å². The van der Waals surface area contributed by atoms with Crippen LogP contribution in [0.2, 0.25) is 0 Å². The van der Waals surface area contributed by atoms with Gasteiger partial charge in [-0.05, 0) is 37.4 Å². The van der Waals surface area contributed by atoms with E-state index in [1.807, 2.05) is 6.92 Å². The number of anilines is 1. The van der Waals surface area contributed by atoms with Crippen LogP contribution in [-0.4, -0.2) is 30.1 Å². The van der Waals surface area contributed by atoms with Gasteiger partial charge in [0.2, 0.25) is 5.91 Å². The summed E-state index contributed by atoms with van der Waals surface area (Å²) < 4.78 is 0. The second-order valence-electron chi connectivity index (χ2n) is 5.60. The summed E-state index contributed by atoms with van der Waals surface area (Å²) in [4.78, 5) is 23.6. The fraction of sp³-hybridized carbons (Fsp3) is 0.500. The quantitative estimate of drug-likeness (QED) is 0.775. The molecule has 1 heterocycles. The van der Waals surface area contributed by atoms with Gasteiger partial charge < -0.3 is 15.7 Å². The van der Waals surface area contributed by atoms with E-state index in [0.717, 1.165) is 25.8 Å². The van der Waals surface area contributed by atoms with Crippen LogP contribution >= 0.6 is 0 Å². The number of hydrogen-bond acceptors (Lipinski definition) is 3. The zero-order valence-electron chi connectivity index (χ0n) is 12.3. The highest BCUT2D eigenvalue weighted by molar-refractivity contribution is 5.96. The fourth-order valence-corrected chi connectivity index (χ4v) is 2.84. The van der Waals surface area contributed by atoms with Crippen LogP contribution in [0.5, 0.6) is 0 Å². The van der Waals surface area contributed by atoms with Crippen LogP contribution in [0.1, 0.15) is 31.7 Å². The molecule has 1 amide bonds. The second-order valence-corrected chi connectivity index (χ2v) is 5.60. The Morgan fingerprint density at radius 2 is 2.14 bits per heavy atom. The molecule has 2 rings (SSSR count). The van der Waals surface area contributed by atoms with Crippen molar-refractivity contribution in [3.8, 4) is 0 Å². The smallest absolute Gasteiger partial charge is 0.307 e. The number of carboxylic acids is 1. The van der Waals surface area contributed by atoms with Gasteiger partial charge in [0.1, 0.15) is 0 Å². The van der Waals surface area contributed by atoms with Crippen molar-refractivity contribution in [3.63, 3.8) is 0 Å². The Morgan fingerprint density at radius 1 is 1.38 bits per heavy atom. The first kappa shape index (κ1) is 15.5. The average molecular weight is 290 g/mol. The van der Waals surface area contributed by atoms with E-state index < -0.39 is 11.4 Å². The topological polar surface area (TPSA) is 78.4 Å². The highest BCUT2D eigenvalue weighted by Gasteiger charge is 2.37. The van der Waals surface area contributed by atoms with E-state index in [9.17, 15) is 9.59 Å². The number of carboxylic acid groups (broad SMARTS) is 1. The third-order valence-electron chi connectivity index (χ3n) is 4.24. The van der Waals surface area contributed by atoms with Crippen LogP contribution in [0, 0.1) is 5.41 Å². The molecule has 1 atom stereocenters. The number of aliphatic carboxylic acids is 1. The van der Waals surface area contributed by atoms with Crippen LogP contribution in [-0.2, 0) is 16.0 Å². The third kappa shape index (κ3) is 3.61. The third-order valence-corrected chi connectivity index (χ3v) is 4.24. The molecular weight excluding hydrogens is 268 g/mol. The summed E-state index contributed by atoms with van der Waals surface area (Å²) in [5, 5.41) is 15.2. The van der Waals surface area contributed by atoms with Gasteiger partial charge in [0.05, 0.1) is 11.8 Å². The highest BCUT2D eigenvalue weighted by Crippen LogP contribution is 2.32. The minimum atomic E-state index is -0.902. The van der Waals surface area contributed by atoms with Crippen LogP contribution in [0.25, 0.3) is 0 Å². The number of rotatable bonds is 5. The maximum absolute atomic E-state index is 12.7. The van der Waals surface area contributed by atoms with Gasteiger partial charge in [-0.15, -0.1) is 0 Å². The summed E-state index contributed by atoms with van der Waals surface area (Å²) in [5.74, 6) is -0.920. The van der Waals surface area contributed by atoms with Crippen LogP contribution in [0.4, 0.5) is 5.69 Å². The summed E-state index contributed by atoms with van der Waals surface area (Å²) in [6.07, 6.45) is 2.53. The molecule has 3 N–H and O–H groups in total. The molecule has 0 radical (unpaired) electrons. The minimum absolute atomic E-state index is 0.0185. The van der Waals surface area contributed by atoms with Crippen LogP contribution in [0.3, 0.4) is 0 Å². The van der Waals surface area contributed by atoms with Crippen molar-refractivity contribution in [2.75, 3.05) is 18.4 Å². The average Bonchev–Trinajstić information content (AvgIpc) is 2.49. The predicted molar refractivity (Wildman–Crippen MR) is 81.2 cm³/mol. The largest absolute Gasteiger partial charge is 0.481 e. The lowest BCUT2D eigenvalue weighted by Crippen LogP contribution is -2.47. The van der Waals surface area contributed by atoms with Crippen molar-refractivity contribution in [1.29, 1.82) is 0 Å². The Labute approximate surface area is 124 Å². The Hall–Kier alpha value is -1.88. The number of benzene rings is 1. The molecule has 0 aliphatic carbocycles. The van der Waals surface area contributed by atoms with Gasteiger partial charge >= 0.3 is 5.97 Å². The van der Waals surface area contributed by atoms with E-state index in [4.69, 9.17) is 5.11 Å². The Kier molecular flexibility index (Phi) is 4.96. The summed E-state index contributed by atoms with van der Waals surface area (Å²) >= 11 is 0. The number of carbonyl (C=O) groups excluding carboxylic acids is 1. The molecule has 1 fully saturated rings. The number of nitrogens with one attached hydrogen (secondary N) is 2. The minimum Gasteiger partial charge on any atom is -0.481 e. The molecule has 0 bridgehead atoms. The van der Waals surface area contributed by atoms with Gasteiger partial charge in [-0.1, -0.05) is 25.1 Å². The first-order chi connectivity index (χ1) is 10.1. The molecular formula is C16H22N2O3. The van der Waals surface area contributed by atoms with Crippen molar-refractivity contribution in [2.45, 2.75) is 32.6 Å². The van der Waals surface area contributed by atoms with E-state index in [-0.39, 0.29) is 12.3 Å².